The van der Waals surface area contributed by atoms with Crippen molar-refractivity contribution in [2.75, 3.05) is 13.1 Å². The number of carbonyl (C=O) groups is 2. The summed E-state index contributed by atoms with van der Waals surface area (Å²) < 4.78 is 0. The van der Waals surface area contributed by atoms with Gasteiger partial charge in [0.1, 0.15) is 6.54 Å². The Morgan fingerprint density at radius 3 is 2.40 bits per heavy atom. The smallest absolute Gasteiger partial charge is 0.242 e. The van der Waals surface area contributed by atoms with Gasteiger partial charge in [0.2, 0.25) is 11.8 Å². The molecule has 0 radical (unpaired) electrons. The van der Waals surface area contributed by atoms with Gasteiger partial charge in [-0.2, -0.15) is 0 Å². The van der Waals surface area contributed by atoms with Crippen LogP contribution in [-0.4, -0.2) is 45.7 Å². The number of aromatic amines is 1. The molecule has 2 aliphatic rings. The maximum atomic E-state index is 13.6. The number of rotatable bonds is 11. The summed E-state index contributed by atoms with van der Waals surface area (Å²) >= 11 is 0. The van der Waals surface area contributed by atoms with E-state index in [9.17, 15) is 9.59 Å². The molecule has 5 heteroatoms. The van der Waals surface area contributed by atoms with Crippen LogP contribution in [-0.2, 0) is 22.6 Å². The maximum absolute atomic E-state index is 13.6. The average molecular weight is 472 g/mol. The lowest BCUT2D eigenvalue weighted by atomic mass is 10.0. The molecule has 2 saturated carbocycles. The van der Waals surface area contributed by atoms with Crippen molar-refractivity contribution in [3.63, 3.8) is 0 Å². The number of benzene rings is 2. The van der Waals surface area contributed by atoms with Crippen LogP contribution in [0.5, 0.6) is 0 Å². The van der Waals surface area contributed by atoms with Crippen LogP contribution in [0.15, 0.2) is 60.8 Å². The molecule has 35 heavy (non-hydrogen) atoms. The quantitative estimate of drug-likeness (QED) is 0.390. The van der Waals surface area contributed by atoms with Gasteiger partial charge in [0.15, 0.2) is 0 Å². The molecular formula is C30H37N3O2. The molecule has 0 bridgehead atoms. The minimum Gasteiger partial charge on any atom is -0.361 e. The first-order chi connectivity index (χ1) is 17.2. The molecule has 5 nitrogen and oxygen atoms in total. The Kier molecular flexibility index (Phi) is 7.51. The molecule has 184 valence electrons. The number of hydrogen-bond acceptors (Lipinski definition) is 2. The Morgan fingerprint density at radius 1 is 0.886 bits per heavy atom. The highest BCUT2D eigenvalue weighted by Crippen LogP contribution is 2.31. The van der Waals surface area contributed by atoms with Crippen LogP contribution >= 0.6 is 0 Å². The van der Waals surface area contributed by atoms with Crippen LogP contribution in [0.2, 0.25) is 0 Å². The lowest BCUT2D eigenvalue weighted by Crippen LogP contribution is -2.44. The lowest BCUT2D eigenvalue weighted by Gasteiger charge is -2.28. The molecule has 1 N–H and O–H groups in total. The van der Waals surface area contributed by atoms with Crippen LogP contribution in [0.3, 0.4) is 0 Å². The summed E-state index contributed by atoms with van der Waals surface area (Å²) in [5.41, 5.74) is 3.46. The Bertz CT molecular complexity index is 1130. The van der Waals surface area contributed by atoms with Gasteiger partial charge >= 0.3 is 0 Å². The fourth-order valence-corrected chi connectivity index (χ4v) is 5.51. The lowest BCUT2D eigenvalue weighted by molar-refractivity contribution is -0.141. The Morgan fingerprint density at radius 2 is 1.63 bits per heavy atom. The number of hydrogen-bond donors (Lipinski definition) is 1. The third-order valence-corrected chi connectivity index (χ3v) is 7.75. The van der Waals surface area contributed by atoms with Gasteiger partial charge in [-0.15, -0.1) is 0 Å². The molecule has 0 atom stereocenters. The second kappa shape index (κ2) is 11.1. The zero-order valence-corrected chi connectivity index (χ0v) is 20.6. The summed E-state index contributed by atoms with van der Waals surface area (Å²) in [6, 6.07) is 18.7. The fourth-order valence-electron chi connectivity index (χ4n) is 5.51. The van der Waals surface area contributed by atoms with E-state index < -0.39 is 0 Å². The summed E-state index contributed by atoms with van der Waals surface area (Å²) in [6.07, 6.45) is 11.6. The molecule has 0 aliphatic heterocycles. The summed E-state index contributed by atoms with van der Waals surface area (Å²) in [5, 5.41) is 1.21. The van der Waals surface area contributed by atoms with E-state index >= 15 is 0 Å². The van der Waals surface area contributed by atoms with E-state index in [1.807, 2.05) is 34.1 Å². The second-order valence-electron chi connectivity index (χ2n) is 10.4. The second-order valence-corrected chi connectivity index (χ2v) is 10.4. The van der Waals surface area contributed by atoms with Crippen LogP contribution in [0.4, 0.5) is 0 Å². The topological polar surface area (TPSA) is 56.4 Å². The molecule has 1 heterocycles. The van der Waals surface area contributed by atoms with Crippen molar-refractivity contribution >= 4 is 22.7 Å². The highest BCUT2D eigenvalue weighted by atomic mass is 16.2. The van der Waals surface area contributed by atoms with E-state index in [1.165, 1.54) is 36.6 Å². The molecule has 1 aromatic heterocycles. The van der Waals surface area contributed by atoms with E-state index in [2.05, 4.69) is 41.5 Å². The van der Waals surface area contributed by atoms with E-state index in [0.717, 1.165) is 36.8 Å². The first-order valence-corrected chi connectivity index (χ1v) is 13.3. The molecule has 5 rings (SSSR count). The largest absolute Gasteiger partial charge is 0.361 e. The van der Waals surface area contributed by atoms with Crippen molar-refractivity contribution in [1.82, 2.24) is 14.8 Å². The number of para-hydroxylation sites is 1. The molecule has 0 spiro atoms. The van der Waals surface area contributed by atoms with E-state index in [1.54, 1.807) is 0 Å². The third-order valence-electron chi connectivity index (χ3n) is 7.75. The summed E-state index contributed by atoms with van der Waals surface area (Å²) in [7, 11) is 0. The minimum atomic E-state index is 0.0508. The number of fused-ring (bicyclic) bond motifs is 1. The number of amides is 2. The number of nitrogens with zero attached hydrogens (tertiary/aromatic N) is 2. The number of nitrogens with one attached hydrogen (secondary N) is 1. The average Bonchev–Trinajstić information content (AvgIpc) is 3.43. The molecule has 0 unspecified atom stereocenters. The minimum absolute atomic E-state index is 0.0508. The summed E-state index contributed by atoms with van der Waals surface area (Å²) in [6.45, 7) is 1.40. The molecule has 2 aliphatic carbocycles. The monoisotopic (exact) mass is 471 g/mol. The van der Waals surface area contributed by atoms with Gasteiger partial charge in [-0.1, -0.05) is 74.2 Å². The predicted molar refractivity (Wildman–Crippen MR) is 140 cm³/mol. The van der Waals surface area contributed by atoms with E-state index in [4.69, 9.17) is 0 Å². The van der Waals surface area contributed by atoms with Crippen molar-refractivity contribution in [2.24, 2.45) is 5.92 Å². The SMILES string of the molecule is O=C(CN(C(=O)CCC1CCCC1)C1CC1)N(CCc1c[nH]c2ccccc12)Cc1ccccc1. The number of H-pyrrole nitrogens is 1. The maximum Gasteiger partial charge on any atom is 0.242 e. The van der Waals surface area contributed by atoms with E-state index in [0.29, 0.717) is 25.4 Å². The summed E-state index contributed by atoms with van der Waals surface area (Å²) in [5.74, 6) is 0.917. The van der Waals surface area contributed by atoms with Crippen LogP contribution in [0, 0.1) is 5.92 Å². The third kappa shape index (κ3) is 6.14. The molecule has 0 saturated heterocycles. The van der Waals surface area contributed by atoms with Crippen molar-refractivity contribution in [2.45, 2.75) is 70.4 Å². The zero-order valence-electron chi connectivity index (χ0n) is 20.6. The highest BCUT2D eigenvalue weighted by molar-refractivity contribution is 5.86. The normalized spacial score (nSPS) is 16.0. The summed E-state index contributed by atoms with van der Waals surface area (Å²) in [4.78, 5) is 33.9. The van der Waals surface area contributed by atoms with Crippen molar-refractivity contribution in [3.05, 3.63) is 71.9 Å². The first-order valence-electron chi connectivity index (χ1n) is 13.3. The van der Waals surface area contributed by atoms with Gasteiger partial charge in [0.05, 0.1) is 0 Å². The Hall–Kier alpha value is -3.08. The van der Waals surface area contributed by atoms with Gasteiger partial charge < -0.3 is 14.8 Å². The zero-order chi connectivity index (χ0) is 24.0. The molecule has 2 amide bonds. The standard InChI is InChI=1S/C30H37N3O2/c34-29(17-14-23-8-4-5-9-23)33(26-15-16-26)22-30(35)32(21-24-10-2-1-3-11-24)19-18-25-20-31-28-13-7-6-12-27(25)28/h1-3,6-7,10-13,20,23,26,31H,4-5,8-9,14-19,21-22H2. The van der Waals surface area contributed by atoms with Crippen LogP contribution in [0.1, 0.15) is 62.5 Å². The van der Waals surface area contributed by atoms with Crippen LogP contribution < -0.4 is 0 Å². The molecular weight excluding hydrogens is 434 g/mol. The predicted octanol–water partition coefficient (Wildman–Crippen LogP) is 5.70. The highest BCUT2D eigenvalue weighted by Gasteiger charge is 2.35. The van der Waals surface area contributed by atoms with Crippen LogP contribution in [0.25, 0.3) is 10.9 Å². The molecule has 3 aromatic rings. The number of carbonyl (C=O) groups excluding carboxylic acids is 2. The van der Waals surface area contributed by atoms with Gasteiger partial charge in [-0.3, -0.25) is 9.59 Å². The molecule has 2 fully saturated rings. The van der Waals surface area contributed by atoms with Gasteiger partial charge in [0.25, 0.3) is 0 Å². The van der Waals surface area contributed by atoms with Crippen molar-refractivity contribution in [1.29, 1.82) is 0 Å². The fraction of sp³-hybridized carbons (Fsp3) is 0.467. The Labute approximate surface area is 208 Å². The molecule has 2 aromatic carbocycles. The van der Waals surface area contributed by atoms with Gasteiger partial charge in [0, 0.05) is 42.7 Å². The van der Waals surface area contributed by atoms with Gasteiger partial charge in [-0.25, -0.2) is 0 Å². The Balaban J connectivity index is 1.26. The number of aromatic nitrogens is 1. The van der Waals surface area contributed by atoms with Crippen molar-refractivity contribution in [3.8, 4) is 0 Å². The first kappa shape index (κ1) is 23.7. The van der Waals surface area contributed by atoms with Gasteiger partial charge in [-0.05, 0) is 48.8 Å². The van der Waals surface area contributed by atoms with E-state index in [-0.39, 0.29) is 24.4 Å². The van der Waals surface area contributed by atoms with Crippen molar-refractivity contribution < 1.29 is 9.59 Å².